The van der Waals surface area contributed by atoms with E-state index in [0.29, 0.717) is 0 Å². The average molecular weight is 202 g/mol. The van der Waals surface area contributed by atoms with Crippen LogP contribution in [0.5, 0.6) is 0 Å². The van der Waals surface area contributed by atoms with Gasteiger partial charge in [0.15, 0.2) is 0 Å². The van der Waals surface area contributed by atoms with Crippen LogP contribution in [0.3, 0.4) is 0 Å². The quantitative estimate of drug-likeness (QED) is 0.818. The van der Waals surface area contributed by atoms with Gasteiger partial charge in [-0.15, -0.1) is 0 Å². The molecule has 3 atom stereocenters. The first-order chi connectivity index (χ1) is 7.20. The van der Waals surface area contributed by atoms with Crippen LogP contribution in [0.4, 0.5) is 0 Å². The van der Waals surface area contributed by atoms with Crippen molar-refractivity contribution in [2.24, 2.45) is 17.8 Å². The summed E-state index contributed by atoms with van der Waals surface area (Å²) in [7, 11) is 0. The van der Waals surface area contributed by atoms with Gasteiger partial charge >= 0.3 is 5.97 Å². The molecule has 2 rings (SSSR count). The van der Waals surface area contributed by atoms with Gasteiger partial charge in [0.2, 0.25) is 0 Å². The van der Waals surface area contributed by atoms with E-state index in [2.05, 4.69) is 0 Å². The van der Waals surface area contributed by atoms with Gasteiger partial charge in [-0.25, -0.2) is 0 Å². The van der Waals surface area contributed by atoms with Crippen molar-refractivity contribution in [3.63, 3.8) is 0 Å². The Morgan fingerprint density at radius 3 is 2.53 bits per heavy atom. The van der Waals surface area contributed by atoms with Crippen LogP contribution in [0, 0.1) is 17.8 Å². The van der Waals surface area contributed by atoms with Crippen molar-refractivity contribution in [2.75, 3.05) is 0 Å². The van der Waals surface area contributed by atoms with Gasteiger partial charge in [-0.3, -0.25) is 4.79 Å². The van der Waals surface area contributed by atoms with E-state index < -0.39 is 5.97 Å². The molecule has 1 aliphatic rings. The van der Waals surface area contributed by atoms with Crippen LogP contribution in [0.1, 0.15) is 12.5 Å². The summed E-state index contributed by atoms with van der Waals surface area (Å²) in [5.41, 5.74) is 1.13. The molecule has 78 valence electrons. The molecule has 1 fully saturated rings. The largest absolute Gasteiger partial charge is 0.481 e. The standard InChI is InChI=1S/C13H14O2/c1-9-11(12(9)13(14)15)8-7-10-5-3-2-4-6-10/h2-9,11-12H,1H3,(H,14,15). The lowest BCUT2D eigenvalue weighted by Crippen LogP contribution is -1.99. The molecule has 0 heterocycles. The first-order valence-electron chi connectivity index (χ1n) is 5.16. The van der Waals surface area contributed by atoms with Crippen LogP contribution >= 0.6 is 0 Å². The Morgan fingerprint density at radius 1 is 1.33 bits per heavy atom. The van der Waals surface area contributed by atoms with Crippen molar-refractivity contribution in [1.82, 2.24) is 0 Å². The molecule has 1 aliphatic carbocycles. The van der Waals surface area contributed by atoms with E-state index in [4.69, 9.17) is 5.11 Å². The molecular formula is C13H14O2. The van der Waals surface area contributed by atoms with E-state index in [-0.39, 0.29) is 17.8 Å². The van der Waals surface area contributed by atoms with Crippen LogP contribution in [-0.4, -0.2) is 11.1 Å². The molecule has 1 saturated carbocycles. The highest BCUT2D eigenvalue weighted by molar-refractivity contribution is 5.75. The summed E-state index contributed by atoms with van der Waals surface area (Å²) >= 11 is 0. The lowest BCUT2D eigenvalue weighted by Gasteiger charge is -1.90. The van der Waals surface area contributed by atoms with Gasteiger partial charge in [0.1, 0.15) is 0 Å². The van der Waals surface area contributed by atoms with Gasteiger partial charge < -0.3 is 5.11 Å². The molecule has 0 radical (unpaired) electrons. The maximum atomic E-state index is 10.8. The molecule has 0 aromatic heterocycles. The second-order valence-corrected chi connectivity index (χ2v) is 4.07. The fourth-order valence-corrected chi connectivity index (χ4v) is 1.96. The number of carboxylic acids is 1. The van der Waals surface area contributed by atoms with Gasteiger partial charge in [0, 0.05) is 0 Å². The Bertz CT molecular complexity index is 381. The first-order valence-corrected chi connectivity index (χ1v) is 5.16. The van der Waals surface area contributed by atoms with Crippen molar-refractivity contribution in [1.29, 1.82) is 0 Å². The molecule has 2 heteroatoms. The van der Waals surface area contributed by atoms with Gasteiger partial charge in [-0.05, 0) is 17.4 Å². The third kappa shape index (κ3) is 2.09. The molecule has 1 N–H and O–H groups in total. The Kier molecular flexibility index (Phi) is 2.58. The lowest BCUT2D eigenvalue weighted by molar-refractivity contribution is -0.139. The topological polar surface area (TPSA) is 37.3 Å². The normalized spacial score (nSPS) is 29.3. The fraction of sp³-hybridized carbons (Fsp3) is 0.308. The highest BCUT2D eigenvalue weighted by Gasteiger charge is 2.50. The number of benzene rings is 1. The highest BCUT2D eigenvalue weighted by atomic mass is 16.4. The van der Waals surface area contributed by atoms with Crippen LogP contribution in [0.15, 0.2) is 36.4 Å². The molecule has 1 aromatic rings. The molecule has 1 aromatic carbocycles. The summed E-state index contributed by atoms with van der Waals surface area (Å²) in [4.78, 5) is 10.8. The van der Waals surface area contributed by atoms with E-state index in [9.17, 15) is 4.79 Å². The van der Waals surface area contributed by atoms with E-state index in [1.165, 1.54) is 0 Å². The van der Waals surface area contributed by atoms with Crippen LogP contribution in [0.25, 0.3) is 6.08 Å². The molecule has 0 bridgehead atoms. The molecule has 2 nitrogen and oxygen atoms in total. The summed E-state index contributed by atoms with van der Waals surface area (Å²) < 4.78 is 0. The SMILES string of the molecule is CC1C(C=Cc2ccccc2)C1C(=O)O. The number of allylic oxidation sites excluding steroid dienone is 1. The molecule has 0 aliphatic heterocycles. The molecule has 0 spiro atoms. The molecule has 15 heavy (non-hydrogen) atoms. The van der Waals surface area contributed by atoms with Crippen molar-refractivity contribution in [2.45, 2.75) is 6.92 Å². The monoisotopic (exact) mass is 202 g/mol. The van der Waals surface area contributed by atoms with E-state index in [1.807, 2.05) is 49.4 Å². The van der Waals surface area contributed by atoms with Crippen LogP contribution in [-0.2, 0) is 4.79 Å². The zero-order valence-electron chi connectivity index (χ0n) is 8.63. The number of rotatable bonds is 3. The van der Waals surface area contributed by atoms with Crippen LogP contribution in [0.2, 0.25) is 0 Å². The van der Waals surface area contributed by atoms with Crippen molar-refractivity contribution >= 4 is 12.0 Å². The highest BCUT2D eigenvalue weighted by Crippen LogP contribution is 2.47. The smallest absolute Gasteiger partial charge is 0.307 e. The van der Waals surface area contributed by atoms with E-state index in [0.717, 1.165) is 5.56 Å². The summed E-state index contributed by atoms with van der Waals surface area (Å²) in [6.45, 7) is 1.98. The lowest BCUT2D eigenvalue weighted by atomic mass is 10.2. The number of carbonyl (C=O) groups is 1. The van der Waals surface area contributed by atoms with Crippen LogP contribution < -0.4 is 0 Å². The van der Waals surface area contributed by atoms with Gasteiger partial charge in [0.05, 0.1) is 5.92 Å². The first kappa shape index (κ1) is 9.97. The minimum atomic E-state index is -0.676. The molecular weight excluding hydrogens is 188 g/mol. The van der Waals surface area contributed by atoms with Crippen molar-refractivity contribution in [3.05, 3.63) is 42.0 Å². The number of hydrogen-bond acceptors (Lipinski definition) is 1. The maximum Gasteiger partial charge on any atom is 0.307 e. The van der Waals surface area contributed by atoms with Crippen molar-refractivity contribution < 1.29 is 9.90 Å². The third-order valence-corrected chi connectivity index (χ3v) is 3.04. The third-order valence-electron chi connectivity index (χ3n) is 3.04. The average Bonchev–Trinajstić information content (AvgIpc) is 2.88. The van der Waals surface area contributed by atoms with Gasteiger partial charge in [0.25, 0.3) is 0 Å². The molecule has 0 saturated heterocycles. The minimum absolute atomic E-state index is 0.176. The Balaban J connectivity index is 2.00. The van der Waals surface area contributed by atoms with E-state index >= 15 is 0 Å². The summed E-state index contributed by atoms with van der Waals surface area (Å²) in [5.74, 6) is -0.361. The number of carboxylic acid groups (broad SMARTS) is 1. The van der Waals surface area contributed by atoms with Crippen molar-refractivity contribution in [3.8, 4) is 0 Å². The second-order valence-electron chi connectivity index (χ2n) is 4.07. The van der Waals surface area contributed by atoms with Gasteiger partial charge in [-0.2, -0.15) is 0 Å². The predicted octanol–water partition coefficient (Wildman–Crippen LogP) is 2.67. The number of hydrogen-bond donors (Lipinski definition) is 1. The summed E-state index contributed by atoms with van der Waals surface area (Å²) in [6, 6.07) is 9.95. The summed E-state index contributed by atoms with van der Waals surface area (Å²) in [5, 5.41) is 8.86. The Hall–Kier alpha value is -1.57. The Morgan fingerprint density at radius 2 is 2.00 bits per heavy atom. The Labute approximate surface area is 89.2 Å². The van der Waals surface area contributed by atoms with Gasteiger partial charge in [-0.1, -0.05) is 49.4 Å². The minimum Gasteiger partial charge on any atom is -0.481 e. The number of aliphatic carboxylic acids is 1. The molecule has 3 unspecified atom stereocenters. The van der Waals surface area contributed by atoms with E-state index in [1.54, 1.807) is 0 Å². The fourth-order valence-electron chi connectivity index (χ4n) is 1.96. The summed E-state index contributed by atoms with van der Waals surface area (Å²) in [6.07, 6.45) is 4.02. The predicted molar refractivity (Wildman–Crippen MR) is 59.3 cm³/mol. The second kappa shape index (κ2) is 3.89. The zero-order chi connectivity index (χ0) is 10.8. The maximum absolute atomic E-state index is 10.8. The molecule has 0 amide bonds. The zero-order valence-corrected chi connectivity index (χ0v) is 8.63.